The summed E-state index contributed by atoms with van der Waals surface area (Å²) in [5, 5.41) is 18.6. The van der Waals surface area contributed by atoms with Crippen LogP contribution in [-0.2, 0) is 40.1 Å². The Kier molecular flexibility index (Phi) is 12.4. The largest absolute Gasteiger partial charge is 0.461 e. The highest BCUT2D eigenvalue weighted by molar-refractivity contribution is 6.08. The molecule has 1 saturated carbocycles. The molecule has 0 saturated heterocycles. The van der Waals surface area contributed by atoms with E-state index in [1.54, 1.807) is 13.0 Å². The number of allylic oxidation sites excluding steroid dienone is 1. The Balaban J connectivity index is 1.79. The lowest BCUT2D eigenvalue weighted by atomic mass is 9.63. The molecule has 11 nitrogen and oxygen atoms in total. The van der Waals surface area contributed by atoms with Crippen molar-refractivity contribution in [1.82, 2.24) is 5.16 Å². The van der Waals surface area contributed by atoms with Gasteiger partial charge in [0.25, 0.3) is 0 Å². The standard InChI is InChI=1S/C32H44N2O9/c1-7-13-40-30(38)15-23(36)14-22(35)9-10-24-19(4)28(37)16-25-27(34-41-17-26-20(5)33-43-21(26)6)11-12-29(31(24)25)42-32(39)18(3)8-2/h7,16,18-19,23-24,29,31,36H,1,8-15,17H2,2-6H3. The number of fused-ring (bicyclic) bond motifs is 1. The maximum Gasteiger partial charge on any atom is 0.308 e. The van der Waals surface area contributed by atoms with Crippen LogP contribution in [0.25, 0.3) is 0 Å². The molecular weight excluding hydrogens is 556 g/mol. The lowest BCUT2D eigenvalue weighted by molar-refractivity contribution is -0.158. The number of carbonyl (C=O) groups is 4. The summed E-state index contributed by atoms with van der Waals surface area (Å²) in [6, 6.07) is 0. The minimum Gasteiger partial charge on any atom is -0.461 e. The highest BCUT2D eigenvalue weighted by Crippen LogP contribution is 2.44. The Bertz CT molecular complexity index is 1230. The molecule has 0 bridgehead atoms. The van der Waals surface area contributed by atoms with Crippen LogP contribution in [-0.4, -0.2) is 58.3 Å². The Labute approximate surface area is 252 Å². The van der Waals surface area contributed by atoms with Crippen molar-refractivity contribution in [3.63, 3.8) is 0 Å². The van der Waals surface area contributed by atoms with Gasteiger partial charge in [-0.05, 0) is 57.1 Å². The second kappa shape index (κ2) is 15.7. The molecule has 6 unspecified atom stereocenters. The summed E-state index contributed by atoms with van der Waals surface area (Å²) < 4.78 is 16.1. The fourth-order valence-electron chi connectivity index (χ4n) is 5.63. The van der Waals surface area contributed by atoms with E-state index in [2.05, 4.69) is 16.9 Å². The van der Waals surface area contributed by atoms with Gasteiger partial charge in [0.2, 0.25) is 0 Å². The fourth-order valence-corrected chi connectivity index (χ4v) is 5.63. The van der Waals surface area contributed by atoms with E-state index in [0.29, 0.717) is 48.4 Å². The lowest BCUT2D eigenvalue weighted by Gasteiger charge is -2.43. The van der Waals surface area contributed by atoms with Gasteiger partial charge in [-0.15, -0.1) is 0 Å². The molecule has 1 heterocycles. The van der Waals surface area contributed by atoms with Crippen molar-refractivity contribution in [1.29, 1.82) is 0 Å². The van der Waals surface area contributed by atoms with Crippen LogP contribution in [0, 0.1) is 37.5 Å². The van der Waals surface area contributed by atoms with Crippen LogP contribution < -0.4 is 0 Å². The average Bonchev–Trinajstić information content (AvgIpc) is 3.29. The van der Waals surface area contributed by atoms with E-state index in [0.717, 1.165) is 5.56 Å². The van der Waals surface area contributed by atoms with Gasteiger partial charge in [-0.3, -0.25) is 19.2 Å². The van der Waals surface area contributed by atoms with E-state index in [4.69, 9.17) is 18.8 Å². The van der Waals surface area contributed by atoms with Gasteiger partial charge in [0, 0.05) is 24.7 Å². The molecule has 11 heteroatoms. The monoisotopic (exact) mass is 600 g/mol. The number of nitrogens with zero attached hydrogens (tertiary/aromatic N) is 2. The van der Waals surface area contributed by atoms with Crippen molar-refractivity contribution in [3.05, 3.63) is 41.3 Å². The third kappa shape index (κ3) is 8.95. The van der Waals surface area contributed by atoms with Crippen molar-refractivity contribution >= 4 is 29.2 Å². The zero-order chi connectivity index (χ0) is 31.7. The number of Topliss-reactive ketones (excluding diaryl/α,β-unsaturated/α-hetero) is 1. The number of ketones is 2. The van der Waals surface area contributed by atoms with Crippen LogP contribution in [0.4, 0.5) is 0 Å². The molecule has 6 atom stereocenters. The van der Waals surface area contributed by atoms with Crippen molar-refractivity contribution in [3.8, 4) is 0 Å². The summed E-state index contributed by atoms with van der Waals surface area (Å²) in [6.45, 7) is 12.8. The van der Waals surface area contributed by atoms with Crippen LogP contribution in [0.1, 0.15) is 82.7 Å². The van der Waals surface area contributed by atoms with Crippen molar-refractivity contribution in [2.75, 3.05) is 6.61 Å². The van der Waals surface area contributed by atoms with Crippen LogP contribution in [0.3, 0.4) is 0 Å². The molecule has 0 amide bonds. The Morgan fingerprint density at radius 2 is 2.02 bits per heavy atom. The number of aliphatic hydroxyl groups excluding tert-OH is 1. The number of aryl methyl sites for hydroxylation is 2. The van der Waals surface area contributed by atoms with Gasteiger partial charge < -0.3 is 23.9 Å². The molecule has 1 aromatic heterocycles. The number of oxime groups is 1. The number of aliphatic hydroxyl groups is 1. The van der Waals surface area contributed by atoms with Gasteiger partial charge in [0.05, 0.1) is 35.4 Å². The van der Waals surface area contributed by atoms with Crippen molar-refractivity contribution in [2.24, 2.45) is 28.8 Å². The lowest BCUT2D eigenvalue weighted by Crippen LogP contribution is -2.46. The van der Waals surface area contributed by atoms with E-state index in [1.807, 2.05) is 27.7 Å². The molecule has 0 spiro atoms. The average molecular weight is 601 g/mol. The van der Waals surface area contributed by atoms with Gasteiger partial charge in [-0.25, -0.2) is 0 Å². The Morgan fingerprint density at radius 1 is 1.28 bits per heavy atom. The summed E-state index contributed by atoms with van der Waals surface area (Å²) in [4.78, 5) is 56.3. The SMILES string of the molecule is C=CCOC(=O)CC(O)CC(=O)CCC1C(C)C(=O)C=C2C(=NOCc3c(C)noc3C)CCC(OC(=O)C(C)CC)C21. The minimum atomic E-state index is -1.17. The molecule has 43 heavy (non-hydrogen) atoms. The maximum absolute atomic E-state index is 13.2. The first-order valence-corrected chi connectivity index (χ1v) is 15.0. The maximum atomic E-state index is 13.2. The fraction of sp³-hybridized carbons (Fsp3) is 0.625. The van der Waals surface area contributed by atoms with Crippen LogP contribution >= 0.6 is 0 Å². The predicted octanol–water partition coefficient (Wildman–Crippen LogP) is 4.51. The van der Waals surface area contributed by atoms with Gasteiger partial charge in [-0.2, -0.15) is 0 Å². The number of carbonyl (C=O) groups excluding carboxylic acids is 4. The van der Waals surface area contributed by atoms with E-state index in [-0.39, 0.29) is 67.8 Å². The van der Waals surface area contributed by atoms with Crippen molar-refractivity contribution < 1.29 is 43.1 Å². The highest BCUT2D eigenvalue weighted by Gasteiger charge is 2.46. The molecule has 1 fully saturated rings. The van der Waals surface area contributed by atoms with E-state index >= 15 is 0 Å². The van der Waals surface area contributed by atoms with Crippen molar-refractivity contribution in [2.45, 2.75) is 98.4 Å². The van der Waals surface area contributed by atoms with Gasteiger partial charge >= 0.3 is 11.9 Å². The number of ether oxygens (including phenoxy) is 2. The molecular formula is C32H44N2O9. The van der Waals surface area contributed by atoms with Crippen LogP contribution in [0.15, 0.2) is 34.0 Å². The molecule has 2 aliphatic rings. The third-order valence-electron chi connectivity index (χ3n) is 8.44. The highest BCUT2D eigenvalue weighted by atomic mass is 16.6. The predicted molar refractivity (Wildman–Crippen MR) is 157 cm³/mol. The zero-order valence-corrected chi connectivity index (χ0v) is 25.8. The third-order valence-corrected chi connectivity index (χ3v) is 8.44. The summed E-state index contributed by atoms with van der Waals surface area (Å²) in [6.07, 6.45) is 2.84. The number of rotatable bonds is 15. The van der Waals surface area contributed by atoms with Gasteiger partial charge in [-0.1, -0.05) is 43.7 Å². The minimum absolute atomic E-state index is 0.0310. The zero-order valence-electron chi connectivity index (χ0n) is 25.8. The summed E-state index contributed by atoms with van der Waals surface area (Å²) in [7, 11) is 0. The number of hydrogen-bond donors (Lipinski definition) is 1. The van der Waals surface area contributed by atoms with Crippen LogP contribution in [0.2, 0.25) is 0 Å². The smallest absolute Gasteiger partial charge is 0.308 e. The number of hydrogen-bond acceptors (Lipinski definition) is 11. The molecule has 1 aromatic rings. The molecule has 1 N–H and O–H groups in total. The quantitative estimate of drug-likeness (QED) is 0.173. The second-order valence-corrected chi connectivity index (χ2v) is 11.5. The summed E-state index contributed by atoms with van der Waals surface area (Å²) in [5.74, 6) is -1.97. The summed E-state index contributed by atoms with van der Waals surface area (Å²) in [5.41, 5.74) is 2.78. The topological polar surface area (TPSA) is 155 Å². The molecule has 3 rings (SSSR count). The first kappa shape index (κ1) is 33.9. The van der Waals surface area contributed by atoms with Gasteiger partial charge in [0.1, 0.15) is 30.9 Å². The summed E-state index contributed by atoms with van der Waals surface area (Å²) >= 11 is 0. The van der Waals surface area contributed by atoms with Gasteiger partial charge in [0.15, 0.2) is 5.78 Å². The van der Waals surface area contributed by atoms with Crippen LogP contribution in [0.5, 0.6) is 0 Å². The molecule has 2 aliphatic carbocycles. The van der Waals surface area contributed by atoms with E-state index in [9.17, 15) is 24.3 Å². The Morgan fingerprint density at radius 3 is 2.67 bits per heavy atom. The molecule has 236 valence electrons. The normalized spacial score (nSPS) is 24.0. The number of esters is 2. The molecule has 0 aliphatic heterocycles. The first-order valence-electron chi connectivity index (χ1n) is 15.0. The second-order valence-electron chi connectivity index (χ2n) is 11.5. The molecule has 0 radical (unpaired) electrons. The first-order chi connectivity index (χ1) is 20.5. The Hall–Kier alpha value is -3.60. The number of aromatic nitrogens is 1. The van der Waals surface area contributed by atoms with E-state index in [1.165, 1.54) is 6.08 Å². The van der Waals surface area contributed by atoms with E-state index < -0.39 is 24.1 Å². The molecule has 0 aromatic carbocycles.